The van der Waals surface area contributed by atoms with Crippen LogP contribution in [0.25, 0.3) is 0 Å². The molecule has 1 aliphatic heterocycles. The summed E-state index contributed by atoms with van der Waals surface area (Å²) in [7, 11) is 3.22. The number of amides is 2. The molecule has 1 fully saturated rings. The molecular weight excluding hydrogens is 486 g/mol. The summed E-state index contributed by atoms with van der Waals surface area (Å²) in [6.07, 6.45) is -0.0838. The number of methoxy groups -OCH3 is 2. The van der Waals surface area contributed by atoms with Crippen molar-refractivity contribution in [1.29, 1.82) is 0 Å². The van der Waals surface area contributed by atoms with Crippen molar-refractivity contribution in [3.8, 4) is 11.5 Å². The number of nitrogens with zero attached hydrogens (tertiary/aromatic N) is 1. The number of alkyl carbamates (subject to hydrolysis) is 1. The number of hydrogen-bond acceptors (Lipinski definition) is 7. The zero-order chi connectivity index (χ0) is 27.5. The summed E-state index contributed by atoms with van der Waals surface area (Å²) in [6, 6.07) is 14.7. The average molecular weight is 528 g/mol. The fourth-order valence-corrected chi connectivity index (χ4v) is 4.46. The Labute approximate surface area is 225 Å². The third-order valence-electron chi connectivity index (χ3n) is 6.65. The Bertz CT molecular complexity index is 1030. The quantitative estimate of drug-likeness (QED) is 0.380. The van der Waals surface area contributed by atoms with Gasteiger partial charge in [0.2, 0.25) is 0 Å². The molecule has 1 heterocycles. The first-order valence-corrected chi connectivity index (χ1v) is 13.2. The van der Waals surface area contributed by atoms with Crippen LogP contribution in [0.1, 0.15) is 49.2 Å². The second-order valence-electron chi connectivity index (χ2n) is 9.75. The molecule has 0 unspecified atom stereocenters. The molecule has 0 aliphatic carbocycles. The normalized spacial score (nSPS) is 17.6. The SMILES string of the molecule is COCCCOc1cc(C(=O)N(C[C@H]2CNC[C@H]2OC(=O)N[C@H](C)c2ccccc2)C(C)C)ccc1OC. The molecule has 0 radical (unpaired) electrons. The van der Waals surface area contributed by atoms with Gasteiger partial charge in [0.25, 0.3) is 5.91 Å². The summed E-state index contributed by atoms with van der Waals surface area (Å²) >= 11 is 0. The Kier molecular flexibility index (Phi) is 11.2. The molecule has 2 aromatic carbocycles. The Morgan fingerprint density at radius 2 is 1.79 bits per heavy atom. The van der Waals surface area contributed by atoms with Crippen molar-refractivity contribution in [3.63, 3.8) is 0 Å². The number of benzene rings is 2. The molecule has 2 N–H and O–H groups in total. The number of carbonyl (C=O) groups is 2. The average Bonchev–Trinajstić information content (AvgIpc) is 3.35. The van der Waals surface area contributed by atoms with E-state index in [4.69, 9.17) is 18.9 Å². The highest BCUT2D eigenvalue weighted by Gasteiger charge is 2.34. The Balaban J connectivity index is 1.65. The summed E-state index contributed by atoms with van der Waals surface area (Å²) in [5.41, 5.74) is 1.52. The fraction of sp³-hybridized carbons (Fsp3) is 0.517. The molecule has 1 aliphatic rings. The highest BCUT2D eigenvalue weighted by atomic mass is 16.6. The van der Waals surface area contributed by atoms with Crippen LogP contribution in [0, 0.1) is 5.92 Å². The van der Waals surface area contributed by atoms with Crippen LogP contribution >= 0.6 is 0 Å². The Morgan fingerprint density at radius 3 is 2.47 bits per heavy atom. The van der Waals surface area contributed by atoms with E-state index >= 15 is 0 Å². The molecule has 0 saturated carbocycles. The largest absolute Gasteiger partial charge is 0.493 e. The molecule has 2 aromatic rings. The summed E-state index contributed by atoms with van der Waals surface area (Å²) in [4.78, 5) is 28.1. The zero-order valence-electron chi connectivity index (χ0n) is 23.1. The predicted molar refractivity (Wildman–Crippen MR) is 146 cm³/mol. The molecular formula is C29H41N3O6. The van der Waals surface area contributed by atoms with E-state index in [-0.39, 0.29) is 30.0 Å². The van der Waals surface area contributed by atoms with Crippen LogP contribution in [0.5, 0.6) is 11.5 Å². The fourth-order valence-electron chi connectivity index (χ4n) is 4.46. The monoisotopic (exact) mass is 527 g/mol. The number of rotatable bonds is 13. The van der Waals surface area contributed by atoms with E-state index in [1.54, 1.807) is 32.4 Å². The molecule has 3 atom stereocenters. The minimum absolute atomic E-state index is 0.0397. The lowest BCUT2D eigenvalue weighted by atomic mass is 10.0. The molecule has 0 aromatic heterocycles. The minimum atomic E-state index is -0.465. The van der Waals surface area contributed by atoms with E-state index in [2.05, 4.69) is 10.6 Å². The van der Waals surface area contributed by atoms with Gasteiger partial charge in [0.15, 0.2) is 11.5 Å². The van der Waals surface area contributed by atoms with Crippen LogP contribution in [-0.2, 0) is 9.47 Å². The van der Waals surface area contributed by atoms with Gasteiger partial charge in [-0.2, -0.15) is 0 Å². The van der Waals surface area contributed by atoms with E-state index < -0.39 is 6.09 Å². The molecule has 3 rings (SSSR count). The third-order valence-corrected chi connectivity index (χ3v) is 6.65. The molecule has 2 amide bonds. The molecule has 38 heavy (non-hydrogen) atoms. The number of nitrogens with one attached hydrogen (secondary N) is 2. The second-order valence-corrected chi connectivity index (χ2v) is 9.75. The maximum Gasteiger partial charge on any atom is 0.407 e. The second kappa shape index (κ2) is 14.6. The van der Waals surface area contributed by atoms with E-state index in [9.17, 15) is 9.59 Å². The lowest BCUT2D eigenvalue weighted by Gasteiger charge is -2.31. The summed E-state index contributed by atoms with van der Waals surface area (Å²) < 4.78 is 22.2. The van der Waals surface area contributed by atoms with Crippen molar-refractivity contribution in [2.75, 3.05) is 47.1 Å². The van der Waals surface area contributed by atoms with E-state index in [1.807, 2.05) is 56.0 Å². The van der Waals surface area contributed by atoms with Crippen molar-refractivity contribution in [2.45, 2.75) is 45.4 Å². The standard InChI is InChI=1S/C29H41N3O6/c1-20(2)32(28(33)23-12-13-25(36-5)26(16-23)37-15-9-14-35-4)19-24-17-30-18-27(24)38-29(34)31-21(3)22-10-7-6-8-11-22/h6-8,10-13,16,20-21,24,27,30H,9,14-15,17-19H2,1-5H3,(H,31,34)/t21-,24-,27-/m1/s1. The van der Waals surface area contributed by atoms with Crippen LogP contribution in [0.4, 0.5) is 4.79 Å². The van der Waals surface area contributed by atoms with Gasteiger partial charge >= 0.3 is 6.09 Å². The van der Waals surface area contributed by atoms with E-state index in [0.717, 1.165) is 12.0 Å². The van der Waals surface area contributed by atoms with Gasteiger partial charge in [-0.05, 0) is 44.5 Å². The van der Waals surface area contributed by atoms with Crippen LogP contribution in [-0.4, -0.2) is 76.1 Å². The Morgan fingerprint density at radius 1 is 1.03 bits per heavy atom. The topological polar surface area (TPSA) is 98.4 Å². The van der Waals surface area contributed by atoms with Gasteiger partial charge in [0.1, 0.15) is 6.10 Å². The minimum Gasteiger partial charge on any atom is -0.493 e. The van der Waals surface area contributed by atoms with Crippen LogP contribution < -0.4 is 20.1 Å². The molecule has 208 valence electrons. The van der Waals surface area contributed by atoms with Gasteiger partial charge in [-0.1, -0.05) is 30.3 Å². The predicted octanol–water partition coefficient (Wildman–Crippen LogP) is 4.04. The van der Waals surface area contributed by atoms with E-state index in [0.29, 0.717) is 49.9 Å². The lowest BCUT2D eigenvalue weighted by Crippen LogP contribution is -2.44. The van der Waals surface area contributed by atoms with Gasteiger partial charge in [0.05, 0.1) is 19.8 Å². The van der Waals surface area contributed by atoms with Gasteiger partial charge in [-0.3, -0.25) is 4.79 Å². The molecule has 0 bridgehead atoms. The molecule has 1 saturated heterocycles. The van der Waals surface area contributed by atoms with Gasteiger partial charge in [-0.15, -0.1) is 0 Å². The first-order valence-electron chi connectivity index (χ1n) is 13.2. The van der Waals surface area contributed by atoms with Crippen LogP contribution in [0.3, 0.4) is 0 Å². The first-order chi connectivity index (χ1) is 18.3. The van der Waals surface area contributed by atoms with Crippen molar-refractivity contribution < 1.29 is 28.5 Å². The van der Waals surface area contributed by atoms with Crippen LogP contribution in [0.15, 0.2) is 48.5 Å². The summed E-state index contributed by atoms with van der Waals surface area (Å²) in [5.74, 6) is 0.935. The smallest absolute Gasteiger partial charge is 0.407 e. The number of hydrogen-bond donors (Lipinski definition) is 2. The van der Waals surface area contributed by atoms with Gasteiger partial charge in [0, 0.05) is 57.3 Å². The summed E-state index contributed by atoms with van der Waals surface area (Å²) in [5, 5.41) is 6.21. The zero-order valence-corrected chi connectivity index (χ0v) is 23.1. The highest BCUT2D eigenvalue weighted by molar-refractivity contribution is 5.95. The van der Waals surface area contributed by atoms with Crippen molar-refractivity contribution in [2.24, 2.45) is 5.92 Å². The lowest BCUT2D eigenvalue weighted by molar-refractivity contribution is 0.0516. The maximum absolute atomic E-state index is 13.6. The molecule has 9 heteroatoms. The van der Waals surface area contributed by atoms with Crippen molar-refractivity contribution >= 4 is 12.0 Å². The van der Waals surface area contributed by atoms with Crippen molar-refractivity contribution in [3.05, 3.63) is 59.7 Å². The maximum atomic E-state index is 13.6. The molecule has 0 spiro atoms. The number of carbonyl (C=O) groups excluding carboxylic acids is 2. The summed E-state index contributed by atoms with van der Waals surface area (Å²) in [6.45, 7) is 8.57. The van der Waals surface area contributed by atoms with Gasteiger partial charge < -0.3 is 34.5 Å². The third kappa shape index (κ3) is 8.10. The van der Waals surface area contributed by atoms with Crippen molar-refractivity contribution in [1.82, 2.24) is 15.5 Å². The number of ether oxygens (including phenoxy) is 4. The Hall–Kier alpha value is -3.30. The van der Waals surface area contributed by atoms with E-state index in [1.165, 1.54) is 0 Å². The molecule has 9 nitrogen and oxygen atoms in total. The highest BCUT2D eigenvalue weighted by Crippen LogP contribution is 2.29. The van der Waals surface area contributed by atoms with Gasteiger partial charge in [-0.25, -0.2) is 4.79 Å². The first kappa shape index (κ1) is 29.3. The van der Waals surface area contributed by atoms with Crippen LogP contribution in [0.2, 0.25) is 0 Å².